The van der Waals surface area contributed by atoms with E-state index >= 15 is 0 Å². The summed E-state index contributed by atoms with van der Waals surface area (Å²) in [4.78, 5) is 11.6. The molecule has 0 aliphatic carbocycles. The molecule has 2 N–H and O–H groups in total. The second kappa shape index (κ2) is 6.28. The predicted molar refractivity (Wildman–Crippen MR) is 63.7 cm³/mol. The minimum Gasteiger partial charge on any atom is -0.460 e. The van der Waals surface area contributed by atoms with Crippen molar-refractivity contribution < 1.29 is 9.53 Å². The second-order valence-corrected chi connectivity index (χ2v) is 4.00. The Morgan fingerprint density at radius 1 is 1.38 bits per heavy atom. The van der Waals surface area contributed by atoms with Gasteiger partial charge in [-0.3, -0.25) is 4.79 Å². The summed E-state index contributed by atoms with van der Waals surface area (Å²) in [5.74, 6) is -0.165. The molecule has 0 radical (unpaired) electrons. The first-order valence-electron chi connectivity index (χ1n) is 5.61. The molecule has 3 nitrogen and oxygen atoms in total. The van der Waals surface area contributed by atoms with Crippen LogP contribution in [0.25, 0.3) is 0 Å². The zero-order valence-corrected chi connectivity index (χ0v) is 9.85. The predicted octanol–water partition coefficient (Wildman–Crippen LogP) is 2.10. The van der Waals surface area contributed by atoms with Gasteiger partial charge < -0.3 is 10.5 Å². The lowest BCUT2D eigenvalue weighted by atomic mass is 10.0. The van der Waals surface area contributed by atoms with Crippen molar-refractivity contribution in [3.8, 4) is 0 Å². The van der Waals surface area contributed by atoms with Gasteiger partial charge in [-0.15, -0.1) is 0 Å². The Bertz CT molecular complexity index is 324. The first kappa shape index (κ1) is 12.7. The Morgan fingerprint density at radius 2 is 2.00 bits per heavy atom. The van der Waals surface area contributed by atoms with Crippen LogP contribution < -0.4 is 5.73 Å². The molecule has 0 amide bonds. The monoisotopic (exact) mass is 221 g/mol. The van der Waals surface area contributed by atoms with E-state index in [9.17, 15) is 4.79 Å². The number of esters is 1. The minimum atomic E-state index is -0.520. The minimum absolute atomic E-state index is 0.156. The summed E-state index contributed by atoms with van der Waals surface area (Å²) in [5, 5.41) is 0. The molecule has 0 saturated heterocycles. The van der Waals surface area contributed by atoms with E-state index in [1.807, 2.05) is 44.2 Å². The molecule has 88 valence electrons. The fraction of sp³-hybridized carbons (Fsp3) is 0.462. The SMILES string of the molecule is CC[C@H](C)[C@@H](N)C(=O)OCc1ccccc1. The molecule has 1 rings (SSSR count). The number of carbonyl (C=O) groups is 1. The average Bonchev–Trinajstić information content (AvgIpc) is 2.35. The summed E-state index contributed by atoms with van der Waals surface area (Å²) in [5.41, 5.74) is 6.74. The van der Waals surface area contributed by atoms with Crippen molar-refractivity contribution in [2.45, 2.75) is 32.9 Å². The summed E-state index contributed by atoms with van der Waals surface area (Å²) >= 11 is 0. The highest BCUT2D eigenvalue weighted by Gasteiger charge is 2.20. The van der Waals surface area contributed by atoms with Crippen molar-refractivity contribution in [1.29, 1.82) is 0 Å². The molecule has 0 aliphatic heterocycles. The van der Waals surface area contributed by atoms with Gasteiger partial charge in [-0.1, -0.05) is 50.6 Å². The van der Waals surface area contributed by atoms with Crippen molar-refractivity contribution >= 4 is 5.97 Å². The number of rotatable bonds is 5. The van der Waals surface area contributed by atoms with Crippen LogP contribution in [-0.4, -0.2) is 12.0 Å². The van der Waals surface area contributed by atoms with Crippen LogP contribution in [0.5, 0.6) is 0 Å². The standard InChI is InChI=1S/C13H19NO2/c1-3-10(2)12(14)13(15)16-9-11-7-5-4-6-8-11/h4-8,10,12H,3,9,14H2,1-2H3/t10-,12+/m0/s1. The maximum Gasteiger partial charge on any atom is 0.323 e. The molecule has 0 aliphatic rings. The fourth-order valence-corrected chi connectivity index (χ4v) is 1.31. The van der Waals surface area contributed by atoms with Crippen LogP contribution in [0.15, 0.2) is 30.3 Å². The maximum atomic E-state index is 11.6. The summed E-state index contributed by atoms with van der Waals surface area (Å²) in [6.45, 7) is 4.26. The molecule has 0 bridgehead atoms. The van der Waals surface area contributed by atoms with Crippen LogP contribution in [0.4, 0.5) is 0 Å². The van der Waals surface area contributed by atoms with Crippen LogP contribution in [0.1, 0.15) is 25.8 Å². The molecule has 0 unspecified atom stereocenters. The summed E-state index contributed by atoms with van der Waals surface area (Å²) < 4.78 is 5.15. The highest BCUT2D eigenvalue weighted by molar-refractivity contribution is 5.75. The van der Waals surface area contributed by atoms with E-state index in [1.54, 1.807) is 0 Å². The molecular weight excluding hydrogens is 202 g/mol. The van der Waals surface area contributed by atoms with Gasteiger partial charge in [0.05, 0.1) is 0 Å². The second-order valence-electron chi connectivity index (χ2n) is 4.00. The summed E-state index contributed by atoms with van der Waals surface area (Å²) in [6, 6.07) is 9.07. The van der Waals surface area contributed by atoms with Crippen molar-refractivity contribution in [2.75, 3.05) is 0 Å². The first-order chi connectivity index (χ1) is 7.65. The van der Waals surface area contributed by atoms with Crippen LogP contribution in [0, 0.1) is 5.92 Å². The molecule has 0 saturated carbocycles. The van der Waals surface area contributed by atoms with Gasteiger partial charge in [0.15, 0.2) is 0 Å². The smallest absolute Gasteiger partial charge is 0.323 e. The Hall–Kier alpha value is -1.35. The van der Waals surface area contributed by atoms with E-state index in [2.05, 4.69) is 0 Å². The Morgan fingerprint density at radius 3 is 2.56 bits per heavy atom. The van der Waals surface area contributed by atoms with Gasteiger partial charge in [-0.2, -0.15) is 0 Å². The number of nitrogens with two attached hydrogens (primary N) is 1. The van der Waals surface area contributed by atoms with E-state index in [1.165, 1.54) is 0 Å². The molecule has 1 aromatic rings. The number of hydrogen-bond donors (Lipinski definition) is 1. The van der Waals surface area contributed by atoms with Crippen molar-refractivity contribution in [2.24, 2.45) is 11.7 Å². The topological polar surface area (TPSA) is 52.3 Å². The molecule has 0 spiro atoms. The molecule has 2 atom stereocenters. The Kier molecular flexibility index (Phi) is 4.99. The van der Waals surface area contributed by atoms with Crippen molar-refractivity contribution in [1.82, 2.24) is 0 Å². The van der Waals surface area contributed by atoms with E-state index in [-0.39, 0.29) is 11.9 Å². The normalized spacial score (nSPS) is 14.2. The summed E-state index contributed by atoms with van der Waals surface area (Å²) in [6.07, 6.45) is 0.877. The zero-order chi connectivity index (χ0) is 12.0. The lowest BCUT2D eigenvalue weighted by Crippen LogP contribution is -2.37. The van der Waals surface area contributed by atoms with Crippen molar-refractivity contribution in [3.05, 3.63) is 35.9 Å². The number of hydrogen-bond acceptors (Lipinski definition) is 3. The number of benzene rings is 1. The zero-order valence-electron chi connectivity index (χ0n) is 9.85. The van der Waals surface area contributed by atoms with Crippen LogP contribution in [-0.2, 0) is 16.1 Å². The van der Waals surface area contributed by atoms with Gasteiger partial charge in [0.2, 0.25) is 0 Å². The van der Waals surface area contributed by atoms with Crippen molar-refractivity contribution in [3.63, 3.8) is 0 Å². The van der Waals surface area contributed by atoms with Crippen LogP contribution >= 0.6 is 0 Å². The Balaban J connectivity index is 2.41. The molecule has 3 heteroatoms. The third-order valence-electron chi connectivity index (χ3n) is 2.75. The first-order valence-corrected chi connectivity index (χ1v) is 5.61. The van der Waals surface area contributed by atoms with Gasteiger partial charge in [-0.05, 0) is 11.5 Å². The average molecular weight is 221 g/mol. The number of carbonyl (C=O) groups excluding carboxylic acids is 1. The van der Waals surface area contributed by atoms with Gasteiger partial charge in [0.25, 0.3) is 0 Å². The Labute approximate surface area is 96.6 Å². The quantitative estimate of drug-likeness (QED) is 0.775. The highest BCUT2D eigenvalue weighted by atomic mass is 16.5. The van der Waals surface area contributed by atoms with Gasteiger partial charge in [0.1, 0.15) is 12.6 Å². The number of ether oxygens (including phenoxy) is 1. The van der Waals surface area contributed by atoms with E-state index in [0.29, 0.717) is 6.61 Å². The van der Waals surface area contributed by atoms with Gasteiger partial charge in [0, 0.05) is 0 Å². The maximum absolute atomic E-state index is 11.6. The third kappa shape index (κ3) is 3.66. The van der Waals surface area contributed by atoms with E-state index in [4.69, 9.17) is 10.5 Å². The molecule has 0 aromatic heterocycles. The molecule has 0 heterocycles. The van der Waals surface area contributed by atoms with E-state index in [0.717, 1.165) is 12.0 Å². The summed E-state index contributed by atoms with van der Waals surface area (Å²) in [7, 11) is 0. The third-order valence-corrected chi connectivity index (χ3v) is 2.75. The largest absolute Gasteiger partial charge is 0.460 e. The molecule has 0 fully saturated rings. The van der Waals surface area contributed by atoms with Gasteiger partial charge in [-0.25, -0.2) is 0 Å². The van der Waals surface area contributed by atoms with Gasteiger partial charge >= 0.3 is 5.97 Å². The van der Waals surface area contributed by atoms with Crippen LogP contribution in [0.3, 0.4) is 0 Å². The molecular formula is C13H19NO2. The van der Waals surface area contributed by atoms with Crippen LogP contribution in [0.2, 0.25) is 0 Å². The highest BCUT2D eigenvalue weighted by Crippen LogP contribution is 2.08. The molecule has 1 aromatic carbocycles. The fourth-order valence-electron chi connectivity index (χ4n) is 1.31. The van der Waals surface area contributed by atoms with E-state index < -0.39 is 6.04 Å². The lowest BCUT2D eigenvalue weighted by molar-refractivity contribution is -0.147. The lowest BCUT2D eigenvalue weighted by Gasteiger charge is -2.16. The molecule has 16 heavy (non-hydrogen) atoms.